The number of benzene rings is 2. The highest BCUT2D eigenvalue weighted by Crippen LogP contribution is 2.41. The lowest BCUT2D eigenvalue weighted by Crippen LogP contribution is -1.98. The highest BCUT2D eigenvalue weighted by molar-refractivity contribution is 5.73. The maximum Gasteiger partial charge on any atom is 0.203 e. The largest absolute Gasteiger partial charge is 0.493 e. The van der Waals surface area contributed by atoms with Crippen molar-refractivity contribution < 1.29 is 14.2 Å². The number of rotatable bonds is 6. The van der Waals surface area contributed by atoms with Gasteiger partial charge in [0.25, 0.3) is 0 Å². The second-order valence-corrected chi connectivity index (χ2v) is 5.85. The summed E-state index contributed by atoms with van der Waals surface area (Å²) in [4.78, 5) is 0. The van der Waals surface area contributed by atoms with Crippen LogP contribution in [0.4, 0.5) is 0 Å². The molecule has 0 atom stereocenters. The smallest absolute Gasteiger partial charge is 0.203 e. The van der Waals surface area contributed by atoms with Crippen molar-refractivity contribution in [2.75, 3.05) is 21.3 Å². The molecule has 0 aliphatic heterocycles. The minimum atomic E-state index is 0.527. The summed E-state index contributed by atoms with van der Waals surface area (Å²) in [6.07, 6.45) is 0. The summed E-state index contributed by atoms with van der Waals surface area (Å²) < 4.78 is 18.1. The van der Waals surface area contributed by atoms with Gasteiger partial charge in [-0.25, -0.2) is 0 Å². The Kier molecular flexibility index (Phi) is 5.14. The van der Waals surface area contributed by atoms with Crippen LogP contribution >= 0.6 is 0 Å². The van der Waals surface area contributed by atoms with Crippen LogP contribution in [0.2, 0.25) is 0 Å². The normalized spacial score (nSPS) is 10.7. The van der Waals surface area contributed by atoms with E-state index < -0.39 is 0 Å². The van der Waals surface area contributed by atoms with Crippen molar-refractivity contribution in [3.8, 4) is 39.8 Å². The Hall–Kier alpha value is -2.99. The van der Waals surface area contributed by atoms with Crippen LogP contribution in [0.3, 0.4) is 0 Å². The lowest BCUT2D eigenvalue weighted by atomic mass is 10.1. The standard InChI is InChI=1S/C20H23N3O3/c1-23-17(11-16(22-23)14-7-5-13(12-21)6-8-14)15-9-18(24-2)20(26-4)19(10-15)25-3/h5-11H,12,21H2,1-4H3. The minimum absolute atomic E-state index is 0.527. The average molecular weight is 353 g/mol. The fourth-order valence-corrected chi connectivity index (χ4v) is 2.92. The topological polar surface area (TPSA) is 71.5 Å². The summed E-state index contributed by atoms with van der Waals surface area (Å²) in [5.74, 6) is 1.78. The zero-order valence-corrected chi connectivity index (χ0v) is 15.4. The molecule has 136 valence electrons. The lowest BCUT2D eigenvalue weighted by molar-refractivity contribution is 0.324. The minimum Gasteiger partial charge on any atom is -0.493 e. The number of nitrogens with two attached hydrogens (primary N) is 1. The summed E-state index contributed by atoms with van der Waals surface area (Å²) in [7, 11) is 6.72. The number of ether oxygens (including phenoxy) is 3. The van der Waals surface area contributed by atoms with E-state index in [2.05, 4.69) is 5.10 Å². The number of methoxy groups -OCH3 is 3. The van der Waals surface area contributed by atoms with Crippen LogP contribution in [0.25, 0.3) is 22.5 Å². The highest BCUT2D eigenvalue weighted by atomic mass is 16.5. The van der Waals surface area contributed by atoms with E-state index in [1.807, 2.05) is 54.2 Å². The fourth-order valence-electron chi connectivity index (χ4n) is 2.92. The number of hydrogen-bond acceptors (Lipinski definition) is 5. The maximum absolute atomic E-state index is 5.67. The average Bonchev–Trinajstić information content (AvgIpc) is 3.08. The molecule has 0 aliphatic rings. The van der Waals surface area contributed by atoms with Crippen molar-refractivity contribution in [3.63, 3.8) is 0 Å². The second-order valence-electron chi connectivity index (χ2n) is 5.85. The quantitative estimate of drug-likeness (QED) is 0.737. The molecule has 0 spiro atoms. The molecule has 0 amide bonds. The third-order valence-electron chi connectivity index (χ3n) is 4.33. The van der Waals surface area contributed by atoms with Gasteiger partial charge in [0.2, 0.25) is 5.75 Å². The van der Waals surface area contributed by atoms with Crippen LogP contribution in [0, 0.1) is 0 Å². The molecule has 0 radical (unpaired) electrons. The van der Waals surface area contributed by atoms with Gasteiger partial charge in [0.05, 0.1) is 32.7 Å². The Balaban J connectivity index is 2.06. The Morgan fingerprint density at radius 3 is 2.00 bits per heavy atom. The Labute approximate surface area is 153 Å². The molecular formula is C20H23N3O3. The van der Waals surface area contributed by atoms with Gasteiger partial charge >= 0.3 is 0 Å². The third-order valence-corrected chi connectivity index (χ3v) is 4.33. The molecule has 0 aliphatic carbocycles. The highest BCUT2D eigenvalue weighted by Gasteiger charge is 2.17. The van der Waals surface area contributed by atoms with Gasteiger partial charge in [-0.05, 0) is 23.8 Å². The van der Waals surface area contributed by atoms with Crippen LogP contribution < -0.4 is 19.9 Å². The van der Waals surface area contributed by atoms with Crippen LogP contribution in [0.15, 0.2) is 42.5 Å². The zero-order chi connectivity index (χ0) is 18.7. The number of hydrogen-bond donors (Lipinski definition) is 1. The Bertz CT molecular complexity index is 876. The number of aryl methyl sites for hydroxylation is 1. The van der Waals surface area contributed by atoms with Gasteiger partial charge in [0, 0.05) is 24.7 Å². The third kappa shape index (κ3) is 3.23. The molecule has 1 heterocycles. The van der Waals surface area contributed by atoms with E-state index in [4.69, 9.17) is 19.9 Å². The van der Waals surface area contributed by atoms with Gasteiger partial charge in [0.1, 0.15) is 0 Å². The van der Waals surface area contributed by atoms with Crippen molar-refractivity contribution in [3.05, 3.63) is 48.0 Å². The summed E-state index contributed by atoms with van der Waals surface area (Å²) in [6.45, 7) is 0.527. The molecule has 3 aromatic rings. The lowest BCUT2D eigenvalue weighted by Gasteiger charge is -2.14. The van der Waals surface area contributed by atoms with Gasteiger partial charge in [-0.3, -0.25) is 4.68 Å². The molecule has 2 aromatic carbocycles. The zero-order valence-electron chi connectivity index (χ0n) is 15.4. The van der Waals surface area contributed by atoms with E-state index in [1.54, 1.807) is 21.3 Å². The van der Waals surface area contributed by atoms with Gasteiger partial charge < -0.3 is 19.9 Å². The van der Waals surface area contributed by atoms with Gasteiger partial charge in [-0.2, -0.15) is 5.10 Å². The fraction of sp³-hybridized carbons (Fsp3) is 0.250. The monoisotopic (exact) mass is 353 g/mol. The first kappa shape index (κ1) is 17.8. The van der Waals surface area contributed by atoms with Crippen LogP contribution in [-0.4, -0.2) is 31.1 Å². The van der Waals surface area contributed by atoms with E-state index in [9.17, 15) is 0 Å². The summed E-state index contributed by atoms with van der Waals surface area (Å²) in [5, 5.41) is 4.64. The molecule has 2 N–H and O–H groups in total. The van der Waals surface area contributed by atoms with E-state index in [0.717, 1.165) is 28.1 Å². The van der Waals surface area contributed by atoms with Crippen LogP contribution in [0.1, 0.15) is 5.56 Å². The molecular weight excluding hydrogens is 330 g/mol. The predicted molar refractivity (Wildman–Crippen MR) is 102 cm³/mol. The van der Waals surface area contributed by atoms with Crippen LogP contribution in [-0.2, 0) is 13.6 Å². The Morgan fingerprint density at radius 1 is 0.885 bits per heavy atom. The van der Waals surface area contributed by atoms with Crippen molar-refractivity contribution in [2.45, 2.75) is 6.54 Å². The van der Waals surface area contributed by atoms with Crippen LogP contribution in [0.5, 0.6) is 17.2 Å². The molecule has 0 saturated carbocycles. The van der Waals surface area contributed by atoms with Crippen molar-refractivity contribution in [2.24, 2.45) is 12.8 Å². The number of nitrogens with zero attached hydrogens (tertiary/aromatic N) is 2. The first-order chi connectivity index (χ1) is 12.6. The van der Waals surface area contributed by atoms with Gasteiger partial charge in [-0.1, -0.05) is 24.3 Å². The SMILES string of the molecule is COc1cc(-c2cc(-c3ccc(CN)cc3)nn2C)cc(OC)c1OC. The molecule has 6 heteroatoms. The van der Waals surface area contributed by atoms with E-state index >= 15 is 0 Å². The molecule has 1 aromatic heterocycles. The van der Waals surface area contributed by atoms with E-state index in [1.165, 1.54) is 0 Å². The van der Waals surface area contributed by atoms with Gasteiger partial charge in [-0.15, -0.1) is 0 Å². The maximum atomic E-state index is 5.67. The van der Waals surface area contributed by atoms with Gasteiger partial charge in [0.15, 0.2) is 11.5 Å². The summed E-state index contributed by atoms with van der Waals surface area (Å²) in [6, 6.07) is 14.0. The number of aromatic nitrogens is 2. The van der Waals surface area contributed by atoms with Crippen molar-refractivity contribution >= 4 is 0 Å². The molecule has 3 rings (SSSR count). The summed E-state index contributed by atoms with van der Waals surface area (Å²) >= 11 is 0. The first-order valence-electron chi connectivity index (χ1n) is 8.25. The summed E-state index contributed by atoms with van der Waals surface area (Å²) in [5.41, 5.74) is 10.6. The molecule has 26 heavy (non-hydrogen) atoms. The van der Waals surface area contributed by atoms with E-state index in [0.29, 0.717) is 23.8 Å². The molecule has 0 fully saturated rings. The molecule has 6 nitrogen and oxygen atoms in total. The molecule has 0 saturated heterocycles. The Morgan fingerprint density at radius 2 is 1.50 bits per heavy atom. The second kappa shape index (κ2) is 7.49. The molecule has 0 bridgehead atoms. The predicted octanol–water partition coefficient (Wildman–Crippen LogP) is 3.24. The van der Waals surface area contributed by atoms with E-state index in [-0.39, 0.29) is 0 Å². The van der Waals surface area contributed by atoms with Crippen molar-refractivity contribution in [1.29, 1.82) is 0 Å². The first-order valence-corrected chi connectivity index (χ1v) is 8.25. The molecule has 0 unspecified atom stereocenters. The van der Waals surface area contributed by atoms with Crippen molar-refractivity contribution in [1.82, 2.24) is 9.78 Å².